The lowest BCUT2D eigenvalue weighted by Crippen LogP contribution is -2.30. The molecule has 6 heteroatoms. The van der Waals surface area contributed by atoms with E-state index in [9.17, 15) is 9.59 Å². The van der Waals surface area contributed by atoms with Gasteiger partial charge in [-0.3, -0.25) is 9.59 Å². The average molecular weight is 293 g/mol. The zero-order valence-corrected chi connectivity index (χ0v) is 12.6. The van der Waals surface area contributed by atoms with E-state index >= 15 is 0 Å². The van der Waals surface area contributed by atoms with Gasteiger partial charge in [0.2, 0.25) is 5.91 Å². The van der Waals surface area contributed by atoms with Gasteiger partial charge in [0, 0.05) is 31.5 Å². The molecular formula is C15H23N3O3. The average Bonchev–Trinajstić information content (AvgIpc) is 2.49. The fourth-order valence-corrected chi connectivity index (χ4v) is 1.66. The molecule has 0 spiro atoms. The van der Waals surface area contributed by atoms with Crippen LogP contribution in [0.15, 0.2) is 24.3 Å². The minimum Gasteiger partial charge on any atom is -0.383 e. The highest BCUT2D eigenvalue weighted by molar-refractivity contribution is 5.97. The second-order valence-electron chi connectivity index (χ2n) is 4.55. The Morgan fingerprint density at radius 3 is 2.76 bits per heavy atom. The second kappa shape index (κ2) is 9.90. The Kier molecular flexibility index (Phi) is 8.08. The van der Waals surface area contributed by atoms with Gasteiger partial charge in [0.05, 0.1) is 13.2 Å². The van der Waals surface area contributed by atoms with E-state index in [1.165, 1.54) is 0 Å². The zero-order chi connectivity index (χ0) is 15.5. The normalized spacial score (nSPS) is 10.2. The highest BCUT2D eigenvalue weighted by Gasteiger charge is 2.07. The van der Waals surface area contributed by atoms with Gasteiger partial charge in [-0.25, -0.2) is 0 Å². The van der Waals surface area contributed by atoms with E-state index < -0.39 is 0 Å². The van der Waals surface area contributed by atoms with Crippen LogP contribution in [-0.4, -0.2) is 45.2 Å². The first kappa shape index (κ1) is 17.1. The van der Waals surface area contributed by atoms with E-state index in [1.807, 2.05) is 6.92 Å². The number of benzene rings is 1. The Labute approximate surface area is 125 Å². The van der Waals surface area contributed by atoms with Gasteiger partial charge < -0.3 is 20.7 Å². The number of carbonyl (C=O) groups is 2. The molecule has 0 saturated carbocycles. The Hall–Kier alpha value is -1.92. The standard InChI is InChI=1S/C15H23N3O3/c1-3-7-17-15(20)12-5-4-6-13(10-12)18-14(19)11-16-8-9-21-2/h4-6,10,16H,3,7-9,11H2,1-2H3,(H,17,20)(H,18,19). The molecule has 0 saturated heterocycles. The smallest absolute Gasteiger partial charge is 0.251 e. The molecular weight excluding hydrogens is 270 g/mol. The molecule has 0 aliphatic rings. The van der Waals surface area contributed by atoms with Gasteiger partial charge in [0.15, 0.2) is 0 Å². The SMILES string of the molecule is CCCNC(=O)c1cccc(NC(=O)CNCCOC)c1. The molecule has 1 aromatic rings. The van der Waals surface area contributed by atoms with Crippen LogP contribution in [0.5, 0.6) is 0 Å². The minimum atomic E-state index is -0.155. The van der Waals surface area contributed by atoms with Gasteiger partial charge in [-0.1, -0.05) is 13.0 Å². The van der Waals surface area contributed by atoms with Crippen LogP contribution in [0, 0.1) is 0 Å². The van der Waals surface area contributed by atoms with Crippen LogP contribution in [0.2, 0.25) is 0 Å². The number of hydrogen-bond donors (Lipinski definition) is 3. The summed E-state index contributed by atoms with van der Waals surface area (Å²) in [5, 5.41) is 8.50. The number of anilines is 1. The van der Waals surface area contributed by atoms with Crippen molar-refractivity contribution in [3.8, 4) is 0 Å². The van der Waals surface area contributed by atoms with Crippen molar-refractivity contribution < 1.29 is 14.3 Å². The fourth-order valence-electron chi connectivity index (χ4n) is 1.66. The summed E-state index contributed by atoms with van der Waals surface area (Å²) in [5.74, 6) is -0.289. The third kappa shape index (κ3) is 6.87. The zero-order valence-electron chi connectivity index (χ0n) is 12.6. The lowest BCUT2D eigenvalue weighted by Gasteiger charge is -2.08. The van der Waals surface area contributed by atoms with Crippen molar-refractivity contribution in [1.29, 1.82) is 0 Å². The molecule has 0 heterocycles. The molecule has 3 N–H and O–H groups in total. The molecule has 2 amide bonds. The van der Waals surface area contributed by atoms with E-state index in [0.717, 1.165) is 6.42 Å². The summed E-state index contributed by atoms with van der Waals surface area (Å²) >= 11 is 0. The molecule has 1 rings (SSSR count). The van der Waals surface area contributed by atoms with Crippen LogP contribution < -0.4 is 16.0 Å². The first-order valence-corrected chi connectivity index (χ1v) is 7.05. The molecule has 0 aliphatic carbocycles. The fraction of sp³-hybridized carbons (Fsp3) is 0.467. The summed E-state index contributed by atoms with van der Waals surface area (Å²) in [6.07, 6.45) is 0.884. The summed E-state index contributed by atoms with van der Waals surface area (Å²) in [4.78, 5) is 23.5. The summed E-state index contributed by atoms with van der Waals surface area (Å²) in [6, 6.07) is 6.88. The van der Waals surface area contributed by atoms with Crippen LogP contribution >= 0.6 is 0 Å². The first-order chi connectivity index (χ1) is 10.2. The van der Waals surface area contributed by atoms with Crippen molar-refractivity contribution in [2.75, 3.05) is 38.7 Å². The number of carbonyl (C=O) groups excluding carboxylic acids is 2. The highest BCUT2D eigenvalue weighted by atomic mass is 16.5. The quantitative estimate of drug-likeness (QED) is 0.594. The van der Waals surface area contributed by atoms with Gasteiger partial charge >= 0.3 is 0 Å². The van der Waals surface area contributed by atoms with Gasteiger partial charge in [-0.05, 0) is 24.6 Å². The van der Waals surface area contributed by atoms with Gasteiger partial charge in [-0.15, -0.1) is 0 Å². The molecule has 1 aromatic carbocycles. The number of hydrogen-bond acceptors (Lipinski definition) is 4. The van der Waals surface area contributed by atoms with E-state index in [-0.39, 0.29) is 18.4 Å². The second-order valence-corrected chi connectivity index (χ2v) is 4.55. The minimum absolute atomic E-state index is 0.133. The molecule has 0 aromatic heterocycles. The van der Waals surface area contributed by atoms with Gasteiger partial charge in [0.25, 0.3) is 5.91 Å². The molecule has 0 atom stereocenters. The molecule has 0 bridgehead atoms. The van der Waals surface area contributed by atoms with Crippen LogP contribution in [0.4, 0.5) is 5.69 Å². The molecule has 6 nitrogen and oxygen atoms in total. The van der Waals surface area contributed by atoms with Crippen molar-refractivity contribution in [2.45, 2.75) is 13.3 Å². The van der Waals surface area contributed by atoms with Crippen molar-refractivity contribution in [2.24, 2.45) is 0 Å². The predicted molar refractivity (Wildman–Crippen MR) is 82.4 cm³/mol. The maximum absolute atomic E-state index is 11.8. The Morgan fingerprint density at radius 2 is 2.05 bits per heavy atom. The van der Waals surface area contributed by atoms with Crippen molar-refractivity contribution in [3.63, 3.8) is 0 Å². The molecule has 0 unspecified atom stereocenters. The number of rotatable bonds is 9. The molecule has 116 valence electrons. The van der Waals surface area contributed by atoms with E-state index in [2.05, 4.69) is 16.0 Å². The highest BCUT2D eigenvalue weighted by Crippen LogP contribution is 2.10. The number of amides is 2. The molecule has 21 heavy (non-hydrogen) atoms. The number of nitrogens with one attached hydrogen (secondary N) is 3. The largest absolute Gasteiger partial charge is 0.383 e. The summed E-state index contributed by atoms with van der Waals surface area (Å²) in [7, 11) is 1.61. The van der Waals surface area contributed by atoms with Crippen molar-refractivity contribution in [1.82, 2.24) is 10.6 Å². The van der Waals surface area contributed by atoms with E-state index in [1.54, 1.807) is 31.4 Å². The third-order valence-electron chi connectivity index (χ3n) is 2.71. The molecule has 0 radical (unpaired) electrons. The maximum Gasteiger partial charge on any atom is 0.251 e. The van der Waals surface area contributed by atoms with Gasteiger partial charge in [-0.2, -0.15) is 0 Å². The van der Waals surface area contributed by atoms with E-state index in [4.69, 9.17) is 4.74 Å². The van der Waals surface area contributed by atoms with Crippen molar-refractivity contribution in [3.05, 3.63) is 29.8 Å². The summed E-state index contributed by atoms with van der Waals surface area (Å²) < 4.78 is 4.88. The van der Waals surface area contributed by atoms with Crippen LogP contribution in [0.1, 0.15) is 23.7 Å². The Bertz CT molecular complexity index is 463. The third-order valence-corrected chi connectivity index (χ3v) is 2.71. The Balaban J connectivity index is 2.48. The lowest BCUT2D eigenvalue weighted by atomic mass is 10.2. The van der Waals surface area contributed by atoms with Gasteiger partial charge in [0.1, 0.15) is 0 Å². The first-order valence-electron chi connectivity index (χ1n) is 7.05. The molecule has 0 fully saturated rings. The predicted octanol–water partition coefficient (Wildman–Crippen LogP) is 1.00. The number of methoxy groups -OCH3 is 1. The number of ether oxygens (including phenoxy) is 1. The summed E-state index contributed by atoms with van der Waals surface area (Å²) in [6.45, 7) is 4.01. The van der Waals surface area contributed by atoms with Crippen LogP contribution in [-0.2, 0) is 9.53 Å². The molecule has 0 aliphatic heterocycles. The van der Waals surface area contributed by atoms with Crippen LogP contribution in [0.25, 0.3) is 0 Å². The topological polar surface area (TPSA) is 79.5 Å². The maximum atomic E-state index is 11.8. The van der Waals surface area contributed by atoms with E-state index in [0.29, 0.717) is 30.9 Å². The Morgan fingerprint density at radius 1 is 1.24 bits per heavy atom. The lowest BCUT2D eigenvalue weighted by molar-refractivity contribution is -0.115. The summed E-state index contributed by atoms with van der Waals surface area (Å²) in [5.41, 5.74) is 1.14. The van der Waals surface area contributed by atoms with Crippen LogP contribution in [0.3, 0.4) is 0 Å². The van der Waals surface area contributed by atoms with Crippen molar-refractivity contribution >= 4 is 17.5 Å². The monoisotopic (exact) mass is 293 g/mol.